The topological polar surface area (TPSA) is 136 Å². The lowest BCUT2D eigenvalue weighted by Crippen LogP contribution is -2.24. The Balaban J connectivity index is 0.000000162. The summed E-state index contributed by atoms with van der Waals surface area (Å²) < 4.78 is 91.9. The van der Waals surface area contributed by atoms with Gasteiger partial charge in [0, 0.05) is 12.1 Å². The van der Waals surface area contributed by atoms with Crippen LogP contribution < -0.4 is 9.47 Å². The van der Waals surface area contributed by atoms with Crippen LogP contribution in [0.25, 0.3) is 0 Å². The molecule has 0 radical (unpaired) electrons. The number of halogens is 6. The molecule has 4 aliphatic carbocycles. The van der Waals surface area contributed by atoms with Crippen LogP contribution in [0.4, 0.5) is 32.0 Å². The van der Waals surface area contributed by atoms with E-state index >= 15 is 0 Å². The number of hydrogen-bond donors (Lipinski definition) is 0. The second kappa shape index (κ2) is 30.5. The average Bonchev–Trinajstić information content (AvgIpc) is 3.52. The Morgan fingerprint density at radius 3 is 1.18 bits per heavy atom. The van der Waals surface area contributed by atoms with Gasteiger partial charge in [-0.15, -0.1) is 0 Å². The number of esters is 2. The molecule has 438 valence electrons. The number of aryl methyl sites for hydroxylation is 1. The highest BCUT2D eigenvalue weighted by molar-refractivity contribution is 5.91. The summed E-state index contributed by atoms with van der Waals surface area (Å²) in [6.45, 7) is 12.0. The number of hydrogen-bond acceptors (Lipinski definition) is 8. The van der Waals surface area contributed by atoms with E-state index in [0.29, 0.717) is 28.5 Å². The zero-order valence-corrected chi connectivity index (χ0v) is 48.2. The molecule has 0 heterocycles. The van der Waals surface area contributed by atoms with Crippen molar-refractivity contribution in [3.05, 3.63) is 194 Å². The van der Waals surface area contributed by atoms with E-state index in [-0.39, 0.29) is 34.6 Å². The Kier molecular flexibility index (Phi) is 23.1. The van der Waals surface area contributed by atoms with Crippen LogP contribution in [-0.4, -0.2) is 18.7 Å². The molecule has 0 unspecified atom stereocenters. The molecule has 0 atom stereocenters. The highest BCUT2D eigenvalue weighted by Crippen LogP contribution is 2.44. The minimum absolute atomic E-state index is 0.0714. The average molecular weight is 1150 g/mol. The fourth-order valence-corrected chi connectivity index (χ4v) is 12.0. The molecule has 4 fully saturated rings. The van der Waals surface area contributed by atoms with Crippen molar-refractivity contribution in [1.29, 1.82) is 15.8 Å². The van der Waals surface area contributed by atoms with Gasteiger partial charge in [-0.05, 0) is 215 Å². The van der Waals surface area contributed by atoms with E-state index in [2.05, 4.69) is 32.5 Å². The molecule has 0 saturated heterocycles. The quantitative estimate of drug-likeness (QED) is 0.0608. The third-order valence-electron chi connectivity index (χ3n) is 17.3. The molecule has 4 saturated carbocycles. The Bertz CT molecular complexity index is 3310. The molecule has 4 aliphatic rings. The van der Waals surface area contributed by atoms with Gasteiger partial charge in [0.2, 0.25) is 0 Å². The second-order valence-electron chi connectivity index (χ2n) is 23.3. The van der Waals surface area contributed by atoms with Crippen molar-refractivity contribution in [3.63, 3.8) is 0 Å². The number of carbonyl (C=O) groups excluding carboxylic acids is 2. The minimum atomic E-state index is -0.735. The van der Waals surface area contributed by atoms with Gasteiger partial charge in [-0.25, -0.2) is 35.9 Å². The van der Waals surface area contributed by atoms with Crippen LogP contribution in [0, 0.1) is 105 Å². The largest absolute Gasteiger partial charge is 0.423 e. The first-order valence-corrected chi connectivity index (χ1v) is 29.2. The van der Waals surface area contributed by atoms with Crippen LogP contribution in [0.3, 0.4) is 0 Å². The summed E-state index contributed by atoms with van der Waals surface area (Å²) in [5, 5.41) is 26.0. The van der Waals surface area contributed by atoms with Gasteiger partial charge in [-0.2, -0.15) is 15.8 Å². The number of carbonyl (C=O) groups is 2. The van der Waals surface area contributed by atoms with Crippen LogP contribution in [-0.2, 0) is 0 Å². The smallest absolute Gasteiger partial charge is 0.343 e. The summed E-state index contributed by atoms with van der Waals surface area (Å²) >= 11 is 0. The molecule has 6 aromatic rings. The maximum atomic E-state index is 13.8. The van der Waals surface area contributed by atoms with Gasteiger partial charge in [0.15, 0.2) is 5.82 Å². The highest BCUT2D eigenvalue weighted by atomic mass is 19.2. The van der Waals surface area contributed by atoms with Crippen LogP contribution >= 0.6 is 0 Å². The predicted molar refractivity (Wildman–Crippen MR) is 313 cm³/mol. The normalized spacial score (nSPS) is 21.8. The summed E-state index contributed by atoms with van der Waals surface area (Å²) in [6, 6.07) is 32.4. The molecule has 0 bridgehead atoms. The fourth-order valence-electron chi connectivity index (χ4n) is 12.0. The lowest BCUT2D eigenvalue weighted by molar-refractivity contribution is 0.0724. The Morgan fingerprint density at radius 2 is 0.798 bits per heavy atom. The Labute approximate surface area is 490 Å². The molecule has 10 rings (SSSR count). The monoisotopic (exact) mass is 1150 g/mol. The zero-order chi connectivity index (χ0) is 60.5. The van der Waals surface area contributed by atoms with Crippen molar-refractivity contribution in [3.8, 4) is 29.7 Å². The van der Waals surface area contributed by atoms with Crippen molar-refractivity contribution in [2.75, 3.05) is 0 Å². The molecule has 0 amide bonds. The molecule has 0 aliphatic heterocycles. The van der Waals surface area contributed by atoms with E-state index in [1.807, 2.05) is 19.1 Å². The van der Waals surface area contributed by atoms with Crippen molar-refractivity contribution in [2.24, 2.45) is 34.6 Å². The van der Waals surface area contributed by atoms with Crippen LogP contribution in [0.2, 0.25) is 0 Å². The summed E-state index contributed by atoms with van der Waals surface area (Å²) in [4.78, 5) is 27.6. The maximum absolute atomic E-state index is 13.8. The molecule has 6 aromatic carbocycles. The second-order valence-corrected chi connectivity index (χ2v) is 23.3. The maximum Gasteiger partial charge on any atom is 0.343 e. The van der Waals surface area contributed by atoms with E-state index in [1.54, 1.807) is 54.6 Å². The van der Waals surface area contributed by atoms with Gasteiger partial charge >= 0.3 is 11.9 Å². The van der Waals surface area contributed by atoms with Crippen LogP contribution in [0.15, 0.2) is 114 Å². The lowest BCUT2D eigenvalue weighted by Gasteiger charge is -2.37. The highest BCUT2D eigenvalue weighted by Gasteiger charge is 2.31. The first-order chi connectivity index (χ1) is 40.4. The Morgan fingerprint density at radius 1 is 0.440 bits per heavy atom. The first-order valence-electron chi connectivity index (χ1n) is 29.2. The number of nitriles is 3. The van der Waals surface area contributed by atoms with Crippen LogP contribution in [0.1, 0.15) is 201 Å². The van der Waals surface area contributed by atoms with Crippen molar-refractivity contribution in [1.82, 2.24) is 0 Å². The molecule has 0 aromatic heterocycles. The van der Waals surface area contributed by atoms with E-state index in [9.17, 15) is 35.9 Å². The summed E-state index contributed by atoms with van der Waals surface area (Å²) in [6.07, 6.45) is 18.9. The third-order valence-corrected chi connectivity index (χ3v) is 17.3. The van der Waals surface area contributed by atoms with Crippen molar-refractivity contribution < 1.29 is 45.4 Å². The van der Waals surface area contributed by atoms with E-state index in [0.717, 1.165) is 85.5 Å². The van der Waals surface area contributed by atoms with Crippen molar-refractivity contribution >= 4 is 24.3 Å². The first kappa shape index (κ1) is 63.6. The number of aliphatic imine (C=N–C) groups is 1. The molecule has 0 spiro atoms. The molecule has 0 N–H and O–H groups in total. The minimum Gasteiger partial charge on any atom is -0.423 e. The molecular weight excluding hydrogens is 1070 g/mol. The molecule has 14 heteroatoms. The van der Waals surface area contributed by atoms with Gasteiger partial charge < -0.3 is 9.47 Å². The molecular formula is C70H72F6N4O4. The summed E-state index contributed by atoms with van der Waals surface area (Å²) in [7, 11) is 0. The van der Waals surface area contributed by atoms with E-state index in [4.69, 9.17) is 25.3 Å². The number of rotatable bonds is 9. The predicted octanol–water partition coefficient (Wildman–Crippen LogP) is 19.0. The van der Waals surface area contributed by atoms with E-state index < -0.39 is 58.0 Å². The van der Waals surface area contributed by atoms with E-state index in [1.165, 1.54) is 118 Å². The van der Waals surface area contributed by atoms with Crippen molar-refractivity contribution in [2.45, 2.75) is 148 Å². The van der Waals surface area contributed by atoms with Gasteiger partial charge in [0.25, 0.3) is 0 Å². The third kappa shape index (κ3) is 17.5. The zero-order valence-electron chi connectivity index (χ0n) is 48.2. The lowest BCUT2D eigenvalue weighted by atomic mass is 9.68. The summed E-state index contributed by atoms with van der Waals surface area (Å²) in [5.74, 6) is 0.100. The SMILES string of the molecule is C=Nc1ccc(OC(=O)c2ccc(C3CCC(C)CC3)cc2)cc1F.CC1CCC(C2CCC(c3cc(F)c(C#N)c(F)c3)CC2)CC1.CC1CCC(c2cc(F)c(C#N)c(F)c2)CC1.Cc1ccc(C(=O)Oc2ccc(C#N)c(F)c2)cc1. The fraction of sp³-hybridized carbons (Fsp3) is 0.400. The standard InChI is InChI=1S/C21H22FNO2.C20H25F2N.C15H10FNO2.C14H15F2N/c1-14-3-5-15(6-4-14)16-7-9-17(10-8-16)21(24)25-18-11-12-20(23-2)19(22)13-18;1-13-2-4-14(5-3-13)15-6-8-16(9-7-15)17-10-19(21)18(12-23)20(22)11-17;1-10-2-4-11(5-3-10)15(18)19-13-7-6-12(9-17)14(16)8-13;1-9-2-4-10(5-3-9)11-6-13(15)12(8-17)14(16)7-11/h7-15H,2-6H2,1H3;10-11,13-16H,2-9H2,1H3;2-8H,1H3;6-7,9-10H,2-5H2,1H3. The van der Waals surface area contributed by atoms with Gasteiger partial charge in [0.1, 0.15) is 69.9 Å². The van der Waals surface area contributed by atoms with Gasteiger partial charge in [-0.3, -0.25) is 4.99 Å². The number of nitrogens with zero attached hydrogens (tertiary/aromatic N) is 4. The van der Waals surface area contributed by atoms with Gasteiger partial charge in [0.05, 0.1) is 22.4 Å². The van der Waals surface area contributed by atoms with Gasteiger partial charge in [-0.1, -0.05) is 89.1 Å². The molecule has 84 heavy (non-hydrogen) atoms. The summed E-state index contributed by atoms with van der Waals surface area (Å²) in [5.41, 5.74) is 3.69. The number of ether oxygens (including phenoxy) is 2. The molecule has 8 nitrogen and oxygen atoms in total. The van der Waals surface area contributed by atoms with Crippen LogP contribution in [0.5, 0.6) is 11.5 Å². The Hall–Kier alpha value is -8.02. The number of benzene rings is 6.